The maximum absolute atomic E-state index is 12.8. The molecule has 2 fully saturated rings. The summed E-state index contributed by atoms with van der Waals surface area (Å²) in [5.74, 6) is -2.92. The Morgan fingerprint density at radius 1 is 1.38 bits per heavy atom. The van der Waals surface area contributed by atoms with Crippen LogP contribution in [-0.4, -0.2) is 49.1 Å². The number of carbonyl (C=O) groups is 2. The van der Waals surface area contributed by atoms with Crippen LogP contribution < -0.4 is 10.0 Å². The number of rotatable bonds is 4. The summed E-state index contributed by atoms with van der Waals surface area (Å²) in [6, 6.07) is 7.97. The standard InChI is InChI=1S/C18H20N2O4/c1-19(2)12-5-3-11(4-6-12)9-20-10-18-8-7-13(24-18)14(17(22)23)15(18)16(20)21/h3-8,13-15H,9-10H2,1-2H3,(H,22,23)/p-1/t13-,14-,15+,18-/m0/s1. The van der Waals surface area contributed by atoms with Crippen molar-refractivity contribution in [2.24, 2.45) is 11.8 Å². The Morgan fingerprint density at radius 2 is 2.08 bits per heavy atom. The zero-order valence-electron chi connectivity index (χ0n) is 13.6. The summed E-state index contributed by atoms with van der Waals surface area (Å²) >= 11 is 0. The molecule has 0 unspecified atom stereocenters. The van der Waals surface area contributed by atoms with Gasteiger partial charge in [-0.3, -0.25) is 4.79 Å². The lowest BCUT2D eigenvalue weighted by Gasteiger charge is -2.24. The number of anilines is 1. The van der Waals surface area contributed by atoms with Crippen molar-refractivity contribution in [1.29, 1.82) is 0 Å². The van der Waals surface area contributed by atoms with Crippen molar-refractivity contribution in [1.82, 2.24) is 4.90 Å². The molecule has 6 nitrogen and oxygen atoms in total. The van der Waals surface area contributed by atoms with Gasteiger partial charge in [0.25, 0.3) is 0 Å². The largest absolute Gasteiger partial charge is 0.550 e. The Bertz CT molecular complexity index is 727. The van der Waals surface area contributed by atoms with Crippen LogP contribution in [0.2, 0.25) is 0 Å². The molecular formula is C18H19N2O4-. The molecular weight excluding hydrogens is 308 g/mol. The van der Waals surface area contributed by atoms with Gasteiger partial charge in [0.2, 0.25) is 5.91 Å². The van der Waals surface area contributed by atoms with Crippen LogP contribution in [0.25, 0.3) is 0 Å². The fourth-order valence-corrected chi connectivity index (χ4v) is 4.10. The molecule has 0 N–H and O–H groups in total. The lowest BCUT2D eigenvalue weighted by Crippen LogP contribution is -2.45. The molecule has 126 valence electrons. The van der Waals surface area contributed by atoms with Crippen LogP contribution in [0, 0.1) is 11.8 Å². The van der Waals surface area contributed by atoms with Crippen LogP contribution in [0.5, 0.6) is 0 Å². The van der Waals surface area contributed by atoms with Gasteiger partial charge in [0.1, 0.15) is 5.60 Å². The zero-order chi connectivity index (χ0) is 17.1. The maximum Gasteiger partial charge on any atom is 0.230 e. The van der Waals surface area contributed by atoms with Gasteiger partial charge in [0.15, 0.2) is 0 Å². The Balaban J connectivity index is 1.55. The Kier molecular flexibility index (Phi) is 3.22. The maximum atomic E-state index is 12.8. The molecule has 2 bridgehead atoms. The number of carbonyl (C=O) groups excluding carboxylic acids is 2. The summed E-state index contributed by atoms with van der Waals surface area (Å²) in [5.41, 5.74) is 1.30. The number of carboxylic acid groups (broad SMARTS) is 1. The van der Waals surface area contributed by atoms with Crippen molar-refractivity contribution in [3.63, 3.8) is 0 Å². The number of ether oxygens (including phenoxy) is 1. The van der Waals surface area contributed by atoms with Gasteiger partial charge in [-0.2, -0.15) is 0 Å². The van der Waals surface area contributed by atoms with Crippen LogP contribution in [0.15, 0.2) is 36.4 Å². The van der Waals surface area contributed by atoms with Gasteiger partial charge in [0.05, 0.1) is 18.6 Å². The highest BCUT2D eigenvalue weighted by molar-refractivity contribution is 5.90. The average Bonchev–Trinajstić information content (AvgIpc) is 3.16. The summed E-state index contributed by atoms with van der Waals surface area (Å²) in [6.07, 6.45) is 3.07. The number of benzene rings is 1. The fraction of sp³-hybridized carbons (Fsp3) is 0.444. The molecule has 6 heteroatoms. The molecule has 4 atom stereocenters. The van der Waals surface area contributed by atoms with Crippen molar-refractivity contribution in [3.05, 3.63) is 42.0 Å². The van der Waals surface area contributed by atoms with Gasteiger partial charge in [-0.25, -0.2) is 0 Å². The first-order chi connectivity index (χ1) is 11.4. The Morgan fingerprint density at radius 3 is 2.71 bits per heavy atom. The predicted octanol–water partition coefficient (Wildman–Crippen LogP) is -0.215. The molecule has 1 aromatic rings. The van der Waals surface area contributed by atoms with Gasteiger partial charge in [0, 0.05) is 38.2 Å². The molecule has 3 aliphatic heterocycles. The van der Waals surface area contributed by atoms with E-state index in [4.69, 9.17) is 4.74 Å². The predicted molar refractivity (Wildman–Crippen MR) is 84.9 cm³/mol. The summed E-state index contributed by atoms with van der Waals surface area (Å²) in [5, 5.41) is 11.4. The fourth-order valence-electron chi connectivity index (χ4n) is 4.10. The van der Waals surface area contributed by atoms with Crippen molar-refractivity contribution in [2.75, 3.05) is 25.5 Å². The quantitative estimate of drug-likeness (QED) is 0.715. The summed E-state index contributed by atoms with van der Waals surface area (Å²) < 4.78 is 5.85. The minimum absolute atomic E-state index is 0.160. The number of carboxylic acids is 1. The van der Waals surface area contributed by atoms with Gasteiger partial charge >= 0.3 is 0 Å². The van der Waals surface area contributed by atoms with Crippen LogP contribution >= 0.6 is 0 Å². The number of hydrogen-bond acceptors (Lipinski definition) is 5. The highest BCUT2D eigenvalue weighted by Gasteiger charge is 2.65. The third-order valence-electron chi connectivity index (χ3n) is 5.28. The molecule has 4 rings (SSSR count). The molecule has 3 aliphatic rings. The summed E-state index contributed by atoms with van der Waals surface area (Å²) in [4.78, 5) is 27.9. The minimum Gasteiger partial charge on any atom is -0.550 e. The average molecular weight is 327 g/mol. The molecule has 24 heavy (non-hydrogen) atoms. The van der Waals surface area contributed by atoms with Gasteiger partial charge < -0.3 is 24.4 Å². The Hall–Kier alpha value is -2.34. The normalized spacial score (nSPS) is 33.2. The van der Waals surface area contributed by atoms with E-state index >= 15 is 0 Å². The first-order valence-electron chi connectivity index (χ1n) is 8.04. The van der Waals surface area contributed by atoms with E-state index in [1.165, 1.54) is 0 Å². The van der Waals surface area contributed by atoms with E-state index in [1.54, 1.807) is 11.0 Å². The number of hydrogen-bond donors (Lipinski definition) is 0. The summed E-state index contributed by atoms with van der Waals surface area (Å²) in [6.45, 7) is 0.842. The van der Waals surface area contributed by atoms with E-state index in [0.29, 0.717) is 13.1 Å². The number of amides is 1. The van der Waals surface area contributed by atoms with E-state index < -0.39 is 29.5 Å². The Labute approximate surface area is 140 Å². The highest BCUT2D eigenvalue weighted by Crippen LogP contribution is 2.51. The lowest BCUT2D eigenvalue weighted by atomic mass is 9.77. The highest BCUT2D eigenvalue weighted by atomic mass is 16.5. The first kappa shape index (κ1) is 15.2. The molecule has 1 amide bonds. The monoisotopic (exact) mass is 327 g/mol. The second-order valence-electron chi connectivity index (χ2n) is 6.97. The van der Waals surface area contributed by atoms with E-state index in [1.807, 2.05) is 49.3 Å². The molecule has 0 radical (unpaired) electrons. The molecule has 0 aromatic heterocycles. The van der Waals surface area contributed by atoms with Crippen LogP contribution in [0.1, 0.15) is 5.56 Å². The van der Waals surface area contributed by atoms with Crippen molar-refractivity contribution < 1.29 is 19.4 Å². The molecule has 0 saturated carbocycles. The zero-order valence-corrected chi connectivity index (χ0v) is 13.6. The van der Waals surface area contributed by atoms with Crippen molar-refractivity contribution in [3.8, 4) is 0 Å². The van der Waals surface area contributed by atoms with Crippen LogP contribution in [0.4, 0.5) is 5.69 Å². The molecule has 2 saturated heterocycles. The number of likely N-dealkylation sites (tertiary alicyclic amines) is 1. The lowest BCUT2D eigenvalue weighted by molar-refractivity contribution is -0.313. The van der Waals surface area contributed by atoms with E-state index in [0.717, 1.165) is 11.3 Å². The number of fused-ring (bicyclic) bond motifs is 1. The smallest absolute Gasteiger partial charge is 0.230 e. The second kappa shape index (κ2) is 5.08. The third-order valence-corrected chi connectivity index (χ3v) is 5.28. The topological polar surface area (TPSA) is 72.9 Å². The molecule has 1 spiro atoms. The summed E-state index contributed by atoms with van der Waals surface area (Å²) in [7, 11) is 3.94. The molecule has 0 aliphatic carbocycles. The van der Waals surface area contributed by atoms with Gasteiger partial charge in [-0.05, 0) is 17.7 Å². The van der Waals surface area contributed by atoms with Crippen LogP contribution in [-0.2, 0) is 20.9 Å². The van der Waals surface area contributed by atoms with E-state index in [9.17, 15) is 14.7 Å². The SMILES string of the molecule is CN(C)c1ccc(CN2C[C@]34C=C[C@H](O3)[C@H](C(=O)[O-])[C@@H]4C2=O)cc1. The number of aliphatic carboxylic acids is 1. The minimum atomic E-state index is -1.21. The second-order valence-corrected chi connectivity index (χ2v) is 6.97. The molecule has 1 aromatic carbocycles. The van der Waals surface area contributed by atoms with Crippen molar-refractivity contribution in [2.45, 2.75) is 18.2 Å². The van der Waals surface area contributed by atoms with E-state index in [-0.39, 0.29) is 5.91 Å². The van der Waals surface area contributed by atoms with Gasteiger partial charge in [-0.15, -0.1) is 0 Å². The van der Waals surface area contributed by atoms with E-state index in [2.05, 4.69) is 0 Å². The van der Waals surface area contributed by atoms with Crippen molar-refractivity contribution >= 4 is 17.6 Å². The van der Waals surface area contributed by atoms with Crippen LogP contribution in [0.3, 0.4) is 0 Å². The first-order valence-corrected chi connectivity index (χ1v) is 8.04. The van der Waals surface area contributed by atoms with Gasteiger partial charge in [-0.1, -0.05) is 24.3 Å². The third kappa shape index (κ3) is 2.06. The molecule has 3 heterocycles. The number of nitrogens with zero attached hydrogens (tertiary/aromatic N) is 2.